The maximum absolute atomic E-state index is 12.3. The Hall–Kier alpha value is -3.23. The number of nitrogens with zero attached hydrogens (tertiary/aromatic N) is 1. The molecule has 0 unspecified atom stereocenters. The molecule has 0 aromatic heterocycles. The molecule has 5 heteroatoms. The first-order chi connectivity index (χ1) is 13.4. The molecule has 4 nitrogen and oxygen atoms in total. The second kappa shape index (κ2) is 8.64. The number of thiol groups is 1. The van der Waals surface area contributed by atoms with Gasteiger partial charge in [-0.05, 0) is 79.1 Å². The predicted octanol–water partition coefficient (Wildman–Crippen LogP) is 5.44. The van der Waals surface area contributed by atoms with Crippen LogP contribution in [0, 0.1) is 25.2 Å². The standard InChI is InChI=1S/C23H20N2O2S/c1-15-9-18(14-24)11-20(10-15)27-22-12-17(4-3-16(22)2)13-23(26)25-19-5-7-21(28)8-6-19/h3-12,28H,13H2,1-2H3,(H,25,26). The lowest BCUT2D eigenvalue weighted by atomic mass is 10.1. The highest BCUT2D eigenvalue weighted by molar-refractivity contribution is 7.80. The molecule has 0 aliphatic heterocycles. The third kappa shape index (κ3) is 5.15. The van der Waals surface area contributed by atoms with E-state index in [0.717, 1.165) is 27.3 Å². The van der Waals surface area contributed by atoms with E-state index in [1.807, 2.05) is 62.4 Å². The first-order valence-corrected chi connectivity index (χ1v) is 9.26. The fraction of sp³-hybridized carbons (Fsp3) is 0.130. The zero-order valence-electron chi connectivity index (χ0n) is 15.7. The number of carbonyl (C=O) groups is 1. The maximum atomic E-state index is 12.3. The van der Waals surface area contributed by atoms with E-state index in [1.54, 1.807) is 12.1 Å². The van der Waals surface area contributed by atoms with Gasteiger partial charge in [0.15, 0.2) is 0 Å². The SMILES string of the molecule is Cc1cc(C#N)cc(Oc2cc(CC(=O)Nc3ccc(S)cc3)ccc2C)c1. The molecule has 0 bridgehead atoms. The monoisotopic (exact) mass is 388 g/mol. The lowest BCUT2D eigenvalue weighted by Gasteiger charge is -2.12. The van der Waals surface area contributed by atoms with Crippen molar-refractivity contribution >= 4 is 24.2 Å². The smallest absolute Gasteiger partial charge is 0.228 e. The summed E-state index contributed by atoms with van der Waals surface area (Å²) in [5.74, 6) is 1.16. The maximum Gasteiger partial charge on any atom is 0.228 e. The summed E-state index contributed by atoms with van der Waals surface area (Å²) in [5.41, 5.74) is 4.03. The molecule has 28 heavy (non-hydrogen) atoms. The molecule has 0 saturated carbocycles. The normalized spacial score (nSPS) is 10.2. The van der Waals surface area contributed by atoms with E-state index >= 15 is 0 Å². The molecule has 3 aromatic carbocycles. The van der Waals surface area contributed by atoms with Crippen molar-refractivity contribution in [1.29, 1.82) is 5.26 Å². The Kier molecular flexibility index (Phi) is 6.03. The number of nitriles is 1. The Labute approximate surface area is 170 Å². The molecular formula is C23H20N2O2S. The van der Waals surface area contributed by atoms with Crippen molar-refractivity contribution in [3.63, 3.8) is 0 Å². The van der Waals surface area contributed by atoms with Gasteiger partial charge in [0.2, 0.25) is 5.91 Å². The average molecular weight is 388 g/mol. The molecule has 140 valence electrons. The van der Waals surface area contributed by atoms with Crippen molar-refractivity contribution in [3.8, 4) is 17.6 Å². The fourth-order valence-electron chi connectivity index (χ4n) is 2.80. The van der Waals surface area contributed by atoms with Gasteiger partial charge in [0.05, 0.1) is 18.1 Å². The van der Waals surface area contributed by atoms with Crippen LogP contribution in [0.5, 0.6) is 11.5 Å². The van der Waals surface area contributed by atoms with Crippen LogP contribution in [0.3, 0.4) is 0 Å². The third-order valence-corrected chi connectivity index (χ3v) is 4.47. The van der Waals surface area contributed by atoms with E-state index in [-0.39, 0.29) is 12.3 Å². The van der Waals surface area contributed by atoms with Gasteiger partial charge in [0, 0.05) is 10.6 Å². The second-order valence-electron chi connectivity index (χ2n) is 6.62. The first-order valence-electron chi connectivity index (χ1n) is 8.81. The first kappa shape index (κ1) is 19.5. The highest BCUT2D eigenvalue weighted by atomic mass is 32.1. The Morgan fingerprint density at radius 3 is 2.54 bits per heavy atom. The Morgan fingerprint density at radius 2 is 1.82 bits per heavy atom. The molecule has 0 atom stereocenters. The van der Waals surface area contributed by atoms with Gasteiger partial charge in [-0.1, -0.05) is 12.1 Å². The second-order valence-corrected chi connectivity index (χ2v) is 7.14. The molecule has 1 N–H and O–H groups in total. The van der Waals surface area contributed by atoms with Gasteiger partial charge in [0.25, 0.3) is 0 Å². The summed E-state index contributed by atoms with van der Waals surface area (Å²) >= 11 is 4.24. The quantitative estimate of drug-likeness (QED) is 0.572. The van der Waals surface area contributed by atoms with E-state index < -0.39 is 0 Å². The highest BCUT2D eigenvalue weighted by Gasteiger charge is 2.09. The van der Waals surface area contributed by atoms with E-state index in [0.29, 0.717) is 17.1 Å². The number of hydrogen-bond acceptors (Lipinski definition) is 4. The molecule has 0 aliphatic rings. The largest absolute Gasteiger partial charge is 0.457 e. The molecule has 0 fully saturated rings. The van der Waals surface area contributed by atoms with Crippen molar-refractivity contribution in [2.24, 2.45) is 0 Å². The van der Waals surface area contributed by atoms with Crippen LogP contribution < -0.4 is 10.1 Å². The number of carbonyl (C=O) groups excluding carboxylic acids is 1. The van der Waals surface area contributed by atoms with Crippen LogP contribution in [-0.2, 0) is 11.2 Å². The number of rotatable bonds is 5. The number of benzene rings is 3. The number of nitrogens with one attached hydrogen (secondary N) is 1. The summed E-state index contributed by atoms with van der Waals surface area (Å²) in [7, 11) is 0. The summed E-state index contributed by atoms with van der Waals surface area (Å²) in [5, 5.41) is 12.0. The van der Waals surface area contributed by atoms with Crippen molar-refractivity contribution in [2.75, 3.05) is 5.32 Å². The van der Waals surface area contributed by atoms with Crippen LogP contribution in [0.2, 0.25) is 0 Å². The Morgan fingerprint density at radius 1 is 1.07 bits per heavy atom. The summed E-state index contributed by atoms with van der Waals surface area (Å²) in [6, 6.07) is 20.5. The van der Waals surface area contributed by atoms with Crippen molar-refractivity contribution in [2.45, 2.75) is 25.2 Å². The van der Waals surface area contributed by atoms with E-state index in [1.165, 1.54) is 0 Å². The van der Waals surface area contributed by atoms with Gasteiger partial charge in [-0.3, -0.25) is 4.79 Å². The van der Waals surface area contributed by atoms with Crippen molar-refractivity contribution in [3.05, 3.63) is 82.9 Å². The molecular weight excluding hydrogens is 368 g/mol. The zero-order chi connectivity index (χ0) is 20.1. The number of aryl methyl sites for hydroxylation is 2. The Balaban J connectivity index is 1.74. The van der Waals surface area contributed by atoms with Crippen LogP contribution in [-0.4, -0.2) is 5.91 Å². The lowest BCUT2D eigenvalue weighted by Crippen LogP contribution is -2.14. The van der Waals surface area contributed by atoms with Crippen LogP contribution >= 0.6 is 12.6 Å². The molecule has 0 heterocycles. The topological polar surface area (TPSA) is 62.1 Å². The minimum absolute atomic E-state index is 0.107. The van der Waals surface area contributed by atoms with E-state index in [2.05, 4.69) is 24.0 Å². The molecule has 0 aliphatic carbocycles. The van der Waals surface area contributed by atoms with Gasteiger partial charge < -0.3 is 10.1 Å². The molecule has 0 spiro atoms. The van der Waals surface area contributed by atoms with Gasteiger partial charge in [-0.25, -0.2) is 0 Å². The van der Waals surface area contributed by atoms with Crippen LogP contribution in [0.15, 0.2) is 65.6 Å². The number of anilines is 1. The average Bonchev–Trinajstić information content (AvgIpc) is 2.66. The summed E-state index contributed by atoms with van der Waals surface area (Å²) in [6.45, 7) is 3.86. The Bertz CT molecular complexity index is 1050. The number of ether oxygens (including phenoxy) is 1. The molecule has 3 aromatic rings. The van der Waals surface area contributed by atoms with Gasteiger partial charge >= 0.3 is 0 Å². The van der Waals surface area contributed by atoms with E-state index in [4.69, 9.17) is 10.00 Å². The van der Waals surface area contributed by atoms with Gasteiger partial charge in [-0.2, -0.15) is 5.26 Å². The molecule has 0 saturated heterocycles. The minimum Gasteiger partial charge on any atom is -0.457 e. The zero-order valence-corrected chi connectivity index (χ0v) is 16.6. The summed E-state index contributed by atoms with van der Waals surface area (Å²) in [4.78, 5) is 13.2. The van der Waals surface area contributed by atoms with E-state index in [9.17, 15) is 4.79 Å². The number of hydrogen-bond donors (Lipinski definition) is 2. The van der Waals surface area contributed by atoms with Crippen molar-refractivity contribution in [1.82, 2.24) is 0 Å². The molecule has 1 amide bonds. The molecule has 0 radical (unpaired) electrons. The summed E-state index contributed by atoms with van der Waals surface area (Å²) < 4.78 is 5.99. The van der Waals surface area contributed by atoms with Crippen LogP contribution in [0.1, 0.15) is 22.3 Å². The van der Waals surface area contributed by atoms with Crippen molar-refractivity contribution < 1.29 is 9.53 Å². The molecule has 3 rings (SSSR count). The summed E-state index contributed by atoms with van der Waals surface area (Å²) in [6.07, 6.45) is 0.233. The third-order valence-electron chi connectivity index (χ3n) is 4.18. The highest BCUT2D eigenvalue weighted by Crippen LogP contribution is 2.28. The fourth-order valence-corrected chi connectivity index (χ4v) is 2.95. The van der Waals surface area contributed by atoms with Crippen LogP contribution in [0.4, 0.5) is 5.69 Å². The van der Waals surface area contributed by atoms with Crippen LogP contribution in [0.25, 0.3) is 0 Å². The van der Waals surface area contributed by atoms with Gasteiger partial charge in [-0.15, -0.1) is 12.6 Å². The minimum atomic E-state index is -0.107. The number of amides is 1. The lowest BCUT2D eigenvalue weighted by molar-refractivity contribution is -0.115. The predicted molar refractivity (Wildman–Crippen MR) is 113 cm³/mol. The van der Waals surface area contributed by atoms with Gasteiger partial charge in [0.1, 0.15) is 11.5 Å².